The van der Waals surface area contributed by atoms with Gasteiger partial charge in [0.1, 0.15) is 0 Å². The van der Waals surface area contributed by atoms with Crippen LogP contribution in [0.4, 0.5) is 0 Å². The molecular formula is C32H22. The lowest BCUT2D eigenvalue weighted by Gasteiger charge is -2.57. The average Bonchev–Trinajstić information content (AvgIpc) is 2.81. The van der Waals surface area contributed by atoms with Crippen molar-refractivity contribution in [2.45, 2.75) is 13.8 Å². The quantitative estimate of drug-likeness (QED) is 0.287. The molecule has 0 unspecified atom stereocenters. The van der Waals surface area contributed by atoms with Crippen LogP contribution in [0.25, 0.3) is 44.3 Å². The summed E-state index contributed by atoms with van der Waals surface area (Å²) >= 11 is 0. The van der Waals surface area contributed by atoms with E-state index in [9.17, 15) is 0 Å². The van der Waals surface area contributed by atoms with Gasteiger partial charge in [0.2, 0.25) is 0 Å². The van der Waals surface area contributed by atoms with Crippen LogP contribution >= 0.6 is 0 Å². The Balaban J connectivity index is 1.63. The van der Waals surface area contributed by atoms with E-state index in [1.807, 2.05) is 0 Å². The first kappa shape index (κ1) is 17.0. The molecule has 2 atom stereocenters. The van der Waals surface area contributed by atoms with Crippen molar-refractivity contribution in [2.75, 3.05) is 0 Å². The third-order valence-electron chi connectivity index (χ3n) is 8.96. The number of allylic oxidation sites excluding steroid dienone is 7. The Hall–Kier alpha value is -3.64. The highest BCUT2D eigenvalue weighted by Gasteiger charge is 2.58. The molecule has 0 spiro atoms. The van der Waals surface area contributed by atoms with Crippen LogP contribution in [0.15, 0.2) is 96.6 Å². The fraction of sp³-hybridized carbons (Fsp3) is 0.125. The number of hydrogen-bond acceptors (Lipinski definition) is 0. The van der Waals surface area contributed by atoms with Crippen molar-refractivity contribution >= 4 is 44.3 Å². The van der Waals surface area contributed by atoms with E-state index in [-0.39, 0.29) is 10.8 Å². The van der Waals surface area contributed by atoms with Crippen molar-refractivity contribution in [2.24, 2.45) is 10.8 Å². The highest BCUT2D eigenvalue weighted by Crippen LogP contribution is 2.69. The molecule has 0 aliphatic heterocycles. The van der Waals surface area contributed by atoms with Gasteiger partial charge in [-0.3, -0.25) is 0 Å². The Kier molecular flexibility index (Phi) is 2.77. The SMILES string of the molecule is C[C@@]12C3=Cc4ccccc4C1=CC=C1c4ccc5cccc6ccc(c4c56)=C(C=C3)[C@@]12C. The Bertz CT molecular complexity index is 1720. The van der Waals surface area contributed by atoms with Crippen LogP contribution in [0.1, 0.15) is 30.5 Å². The summed E-state index contributed by atoms with van der Waals surface area (Å²) in [6, 6.07) is 24.9. The molecule has 150 valence electrons. The molecular weight excluding hydrogens is 384 g/mol. The molecule has 0 heteroatoms. The van der Waals surface area contributed by atoms with Crippen LogP contribution in [0, 0.1) is 10.8 Å². The zero-order chi connectivity index (χ0) is 21.2. The molecule has 0 bridgehead atoms. The molecule has 0 fully saturated rings. The zero-order valence-corrected chi connectivity index (χ0v) is 18.2. The highest BCUT2D eigenvalue weighted by molar-refractivity contribution is 6.18. The molecule has 0 saturated heterocycles. The van der Waals surface area contributed by atoms with E-state index in [0.29, 0.717) is 0 Å². The summed E-state index contributed by atoms with van der Waals surface area (Å²) in [6.45, 7) is 4.96. The summed E-state index contributed by atoms with van der Waals surface area (Å²) < 4.78 is 0. The van der Waals surface area contributed by atoms with Crippen LogP contribution in [-0.2, 0) is 0 Å². The van der Waals surface area contributed by atoms with Gasteiger partial charge in [-0.15, -0.1) is 0 Å². The number of rotatable bonds is 0. The van der Waals surface area contributed by atoms with Gasteiger partial charge >= 0.3 is 0 Å². The largest absolute Gasteiger partial charge is 0.0616 e. The topological polar surface area (TPSA) is 0 Å². The first-order valence-corrected chi connectivity index (χ1v) is 11.5. The summed E-state index contributed by atoms with van der Waals surface area (Å²) in [5.74, 6) is 0. The van der Waals surface area contributed by atoms with Crippen LogP contribution < -0.4 is 5.22 Å². The normalized spacial score (nSPS) is 26.4. The Morgan fingerprint density at radius 2 is 1.34 bits per heavy atom. The number of benzene rings is 4. The third kappa shape index (κ3) is 1.62. The van der Waals surface area contributed by atoms with E-state index < -0.39 is 0 Å². The van der Waals surface area contributed by atoms with Crippen LogP contribution in [0.2, 0.25) is 0 Å². The van der Waals surface area contributed by atoms with Gasteiger partial charge in [-0.25, -0.2) is 0 Å². The van der Waals surface area contributed by atoms with Gasteiger partial charge < -0.3 is 0 Å². The zero-order valence-electron chi connectivity index (χ0n) is 18.2. The van der Waals surface area contributed by atoms with Gasteiger partial charge in [-0.05, 0) is 65.7 Å². The minimum Gasteiger partial charge on any atom is -0.0616 e. The molecule has 4 aromatic carbocycles. The average molecular weight is 407 g/mol. The molecule has 0 radical (unpaired) electrons. The van der Waals surface area contributed by atoms with E-state index >= 15 is 0 Å². The van der Waals surface area contributed by atoms with Gasteiger partial charge in [0.15, 0.2) is 0 Å². The molecule has 0 aromatic heterocycles. The lowest BCUT2D eigenvalue weighted by molar-refractivity contribution is 0.334. The maximum atomic E-state index is 2.49. The van der Waals surface area contributed by atoms with E-state index in [1.54, 1.807) is 0 Å². The van der Waals surface area contributed by atoms with Crippen molar-refractivity contribution in [3.63, 3.8) is 0 Å². The molecule has 32 heavy (non-hydrogen) atoms. The van der Waals surface area contributed by atoms with Crippen molar-refractivity contribution in [3.05, 3.63) is 119 Å². The molecule has 4 aromatic rings. The maximum absolute atomic E-state index is 2.49. The Morgan fingerprint density at radius 3 is 2.19 bits per heavy atom. The van der Waals surface area contributed by atoms with Gasteiger partial charge in [0, 0.05) is 10.8 Å². The Labute approximate surface area is 187 Å². The summed E-state index contributed by atoms with van der Waals surface area (Å²) in [4.78, 5) is 0. The smallest absolute Gasteiger partial charge is 0.0321 e. The van der Waals surface area contributed by atoms with E-state index in [2.05, 4.69) is 111 Å². The third-order valence-corrected chi connectivity index (χ3v) is 8.96. The lowest BCUT2D eigenvalue weighted by Crippen LogP contribution is -2.48. The van der Waals surface area contributed by atoms with Crippen molar-refractivity contribution in [1.82, 2.24) is 0 Å². The van der Waals surface area contributed by atoms with Crippen molar-refractivity contribution < 1.29 is 0 Å². The monoisotopic (exact) mass is 406 g/mol. The molecule has 8 rings (SSSR count). The van der Waals surface area contributed by atoms with Crippen LogP contribution in [0.3, 0.4) is 0 Å². The predicted molar refractivity (Wildman–Crippen MR) is 136 cm³/mol. The molecule has 0 amide bonds. The molecule has 0 saturated carbocycles. The second-order valence-electron chi connectivity index (χ2n) is 10.0. The standard InChI is InChI=1S/C32H22/c1-31-22-12-15-27-24-13-10-19-7-5-8-20-11-14-25(30(24)29(19)20)28(32(27,31)2)17-16-26(31)23-9-4-3-6-21(23)18-22/h3-18H,1-2H3/t31-,32+/m1/s1. The summed E-state index contributed by atoms with van der Waals surface area (Å²) in [6.07, 6.45) is 12.0. The minimum absolute atomic E-state index is 0.0972. The van der Waals surface area contributed by atoms with Gasteiger partial charge in [0.25, 0.3) is 0 Å². The van der Waals surface area contributed by atoms with Crippen LogP contribution in [0.5, 0.6) is 0 Å². The molecule has 0 N–H and O–H groups in total. The van der Waals surface area contributed by atoms with Crippen molar-refractivity contribution in [3.8, 4) is 0 Å². The number of fused-ring (bicyclic) bond motifs is 3. The van der Waals surface area contributed by atoms with Crippen molar-refractivity contribution in [1.29, 1.82) is 0 Å². The molecule has 0 nitrogen and oxygen atoms in total. The second kappa shape index (κ2) is 5.22. The van der Waals surface area contributed by atoms with E-state index in [1.165, 1.54) is 65.7 Å². The fourth-order valence-corrected chi connectivity index (χ4v) is 7.24. The summed E-state index contributed by atoms with van der Waals surface area (Å²) in [5, 5.41) is 6.89. The van der Waals surface area contributed by atoms with Gasteiger partial charge in [-0.2, -0.15) is 0 Å². The predicted octanol–water partition coefficient (Wildman–Crippen LogP) is 7.34. The second-order valence-corrected chi connectivity index (χ2v) is 10.0. The van der Waals surface area contributed by atoms with Crippen LogP contribution in [-0.4, -0.2) is 0 Å². The minimum atomic E-state index is -0.113. The number of hydrogen-bond donors (Lipinski definition) is 0. The molecule has 4 aliphatic rings. The fourth-order valence-electron chi connectivity index (χ4n) is 7.24. The van der Waals surface area contributed by atoms with Gasteiger partial charge in [0.05, 0.1) is 0 Å². The first-order chi connectivity index (χ1) is 15.6. The van der Waals surface area contributed by atoms with Gasteiger partial charge in [-0.1, -0.05) is 111 Å². The Morgan fingerprint density at radius 1 is 0.594 bits per heavy atom. The highest BCUT2D eigenvalue weighted by atomic mass is 14.6. The summed E-state index contributed by atoms with van der Waals surface area (Å²) in [5.41, 5.74) is 9.68. The lowest BCUT2D eigenvalue weighted by atomic mass is 9.44. The first-order valence-electron chi connectivity index (χ1n) is 11.5. The molecule has 4 aliphatic carbocycles. The molecule has 0 heterocycles. The van der Waals surface area contributed by atoms with E-state index in [0.717, 1.165) is 0 Å². The summed E-state index contributed by atoms with van der Waals surface area (Å²) in [7, 11) is 0. The maximum Gasteiger partial charge on any atom is 0.0321 e. The van der Waals surface area contributed by atoms with E-state index in [4.69, 9.17) is 0 Å².